The highest BCUT2D eigenvalue weighted by Crippen LogP contribution is 2.17. The number of carbonyl (C=O) groups excluding carboxylic acids is 1. The van der Waals surface area contributed by atoms with E-state index in [0.717, 1.165) is 28.6 Å². The summed E-state index contributed by atoms with van der Waals surface area (Å²) < 4.78 is 11.0. The molecule has 1 heterocycles. The van der Waals surface area contributed by atoms with Crippen LogP contribution in [0, 0.1) is 13.8 Å². The van der Waals surface area contributed by atoms with Gasteiger partial charge in [-0.05, 0) is 48.7 Å². The smallest absolute Gasteiger partial charge is 0.257 e. The van der Waals surface area contributed by atoms with Crippen molar-refractivity contribution >= 4 is 17.0 Å². The van der Waals surface area contributed by atoms with Crippen molar-refractivity contribution in [3.05, 3.63) is 59.5 Å². The molecule has 0 bridgehead atoms. The maximum absolute atomic E-state index is 11.8. The van der Waals surface area contributed by atoms with Gasteiger partial charge in [0.05, 0.1) is 0 Å². The monoisotopic (exact) mass is 324 g/mol. The van der Waals surface area contributed by atoms with Crippen LogP contribution in [0.1, 0.15) is 17.0 Å². The Bertz CT molecular complexity index is 855. The number of benzene rings is 2. The molecule has 2 aromatic carbocycles. The predicted octanol–water partition coefficient (Wildman–Crippen LogP) is 3.18. The Kier molecular flexibility index (Phi) is 4.79. The van der Waals surface area contributed by atoms with Gasteiger partial charge in [0, 0.05) is 13.5 Å². The molecule has 124 valence electrons. The highest BCUT2D eigenvalue weighted by molar-refractivity contribution is 5.77. The van der Waals surface area contributed by atoms with Crippen LogP contribution >= 0.6 is 0 Å². The molecule has 0 aliphatic heterocycles. The number of hydrogen-bond acceptors (Lipinski definition) is 4. The third-order valence-corrected chi connectivity index (χ3v) is 3.66. The Morgan fingerprint density at radius 3 is 2.92 bits per heavy atom. The van der Waals surface area contributed by atoms with Gasteiger partial charge < -0.3 is 14.5 Å². The minimum absolute atomic E-state index is 0.0176. The van der Waals surface area contributed by atoms with Crippen molar-refractivity contribution < 1.29 is 13.9 Å². The van der Waals surface area contributed by atoms with Crippen LogP contribution in [0.4, 0.5) is 0 Å². The van der Waals surface area contributed by atoms with Gasteiger partial charge >= 0.3 is 0 Å². The molecule has 0 unspecified atom stereocenters. The molecule has 5 heteroatoms. The number of rotatable bonds is 6. The number of ether oxygens (including phenoxy) is 1. The first-order valence-corrected chi connectivity index (χ1v) is 7.92. The Morgan fingerprint density at radius 1 is 1.21 bits per heavy atom. The number of aromatic nitrogens is 1. The van der Waals surface area contributed by atoms with Crippen molar-refractivity contribution in [3.8, 4) is 5.75 Å². The fraction of sp³-hybridized carbons (Fsp3) is 0.263. The van der Waals surface area contributed by atoms with E-state index in [0.29, 0.717) is 18.2 Å². The van der Waals surface area contributed by atoms with E-state index in [4.69, 9.17) is 9.15 Å². The van der Waals surface area contributed by atoms with Crippen LogP contribution in [-0.2, 0) is 11.2 Å². The molecular weight excluding hydrogens is 304 g/mol. The molecule has 0 radical (unpaired) electrons. The molecular formula is C19H20N2O3. The Morgan fingerprint density at radius 2 is 2.08 bits per heavy atom. The van der Waals surface area contributed by atoms with Crippen molar-refractivity contribution in [2.75, 3.05) is 13.2 Å². The van der Waals surface area contributed by atoms with E-state index in [1.54, 1.807) is 0 Å². The van der Waals surface area contributed by atoms with E-state index in [-0.39, 0.29) is 12.5 Å². The fourth-order valence-corrected chi connectivity index (χ4v) is 2.49. The molecule has 0 spiro atoms. The second kappa shape index (κ2) is 7.17. The Balaban J connectivity index is 1.45. The SMILES string of the molecule is Cc1cccc(OCC(=O)NCCc2ccc3nc(C)oc3c2)c1. The van der Waals surface area contributed by atoms with Crippen LogP contribution < -0.4 is 10.1 Å². The fourth-order valence-electron chi connectivity index (χ4n) is 2.49. The number of oxazole rings is 1. The maximum Gasteiger partial charge on any atom is 0.257 e. The van der Waals surface area contributed by atoms with Crippen molar-refractivity contribution in [2.24, 2.45) is 0 Å². The number of carbonyl (C=O) groups is 1. The average Bonchev–Trinajstić information content (AvgIpc) is 2.92. The van der Waals surface area contributed by atoms with Crippen LogP contribution in [0.25, 0.3) is 11.1 Å². The summed E-state index contributed by atoms with van der Waals surface area (Å²) in [5.74, 6) is 1.23. The quantitative estimate of drug-likeness (QED) is 0.756. The van der Waals surface area contributed by atoms with E-state index in [1.165, 1.54) is 0 Å². The summed E-state index contributed by atoms with van der Waals surface area (Å²) in [7, 11) is 0. The van der Waals surface area contributed by atoms with Crippen LogP contribution in [0.15, 0.2) is 46.9 Å². The molecule has 1 aromatic heterocycles. The molecule has 3 aromatic rings. The first-order valence-electron chi connectivity index (χ1n) is 7.92. The molecule has 1 N–H and O–H groups in total. The molecule has 3 rings (SSSR count). The van der Waals surface area contributed by atoms with E-state index < -0.39 is 0 Å². The summed E-state index contributed by atoms with van der Waals surface area (Å²) in [5, 5.41) is 2.86. The van der Waals surface area contributed by atoms with Crippen molar-refractivity contribution in [2.45, 2.75) is 20.3 Å². The van der Waals surface area contributed by atoms with Gasteiger partial charge in [-0.15, -0.1) is 0 Å². The molecule has 5 nitrogen and oxygen atoms in total. The zero-order chi connectivity index (χ0) is 16.9. The lowest BCUT2D eigenvalue weighted by Crippen LogP contribution is -2.30. The van der Waals surface area contributed by atoms with Crippen LogP contribution in [0.3, 0.4) is 0 Å². The van der Waals surface area contributed by atoms with E-state index in [9.17, 15) is 4.79 Å². The lowest BCUT2D eigenvalue weighted by Gasteiger charge is -2.08. The zero-order valence-corrected chi connectivity index (χ0v) is 13.8. The molecule has 0 atom stereocenters. The van der Waals surface area contributed by atoms with Crippen molar-refractivity contribution in [3.63, 3.8) is 0 Å². The molecule has 0 saturated carbocycles. The summed E-state index contributed by atoms with van der Waals surface area (Å²) in [5.41, 5.74) is 3.83. The highest BCUT2D eigenvalue weighted by Gasteiger charge is 2.05. The standard InChI is InChI=1S/C19H20N2O3/c1-13-4-3-5-16(10-13)23-12-19(22)20-9-8-15-6-7-17-18(11-15)24-14(2)21-17/h3-7,10-11H,8-9,12H2,1-2H3,(H,20,22). The number of fused-ring (bicyclic) bond motifs is 1. The average molecular weight is 324 g/mol. The normalized spacial score (nSPS) is 10.8. The molecule has 0 fully saturated rings. The number of aryl methyl sites for hydroxylation is 2. The predicted molar refractivity (Wildman–Crippen MR) is 92.1 cm³/mol. The summed E-state index contributed by atoms with van der Waals surface area (Å²) in [4.78, 5) is 16.1. The van der Waals surface area contributed by atoms with Crippen LogP contribution in [0.5, 0.6) is 5.75 Å². The lowest BCUT2D eigenvalue weighted by atomic mass is 10.1. The summed E-state index contributed by atoms with van der Waals surface area (Å²) >= 11 is 0. The maximum atomic E-state index is 11.8. The van der Waals surface area contributed by atoms with Gasteiger partial charge in [-0.1, -0.05) is 18.2 Å². The molecule has 1 amide bonds. The third kappa shape index (κ3) is 4.13. The second-order valence-corrected chi connectivity index (χ2v) is 5.74. The number of nitrogens with one attached hydrogen (secondary N) is 1. The van der Waals surface area contributed by atoms with Gasteiger partial charge in [0.2, 0.25) is 0 Å². The third-order valence-electron chi connectivity index (χ3n) is 3.66. The van der Waals surface area contributed by atoms with Crippen molar-refractivity contribution in [1.82, 2.24) is 10.3 Å². The minimum atomic E-state index is -0.131. The Hall–Kier alpha value is -2.82. The van der Waals surface area contributed by atoms with Gasteiger partial charge in [-0.2, -0.15) is 0 Å². The van der Waals surface area contributed by atoms with Crippen LogP contribution in [-0.4, -0.2) is 24.0 Å². The van der Waals surface area contributed by atoms with E-state index in [1.807, 2.05) is 56.3 Å². The minimum Gasteiger partial charge on any atom is -0.484 e. The van der Waals surface area contributed by atoms with Gasteiger partial charge in [-0.25, -0.2) is 4.98 Å². The second-order valence-electron chi connectivity index (χ2n) is 5.74. The van der Waals surface area contributed by atoms with Gasteiger partial charge in [0.25, 0.3) is 5.91 Å². The van der Waals surface area contributed by atoms with E-state index in [2.05, 4.69) is 10.3 Å². The zero-order valence-electron chi connectivity index (χ0n) is 13.8. The largest absolute Gasteiger partial charge is 0.484 e. The lowest BCUT2D eigenvalue weighted by molar-refractivity contribution is -0.123. The van der Waals surface area contributed by atoms with Gasteiger partial charge in [0.15, 0.2) is 18.1 Å². The number of amides is 1. The summed E-state index contributed by atoms with van der Waals surface area (Å²) in [6, 6.07) is 13.5. The van der Waals surface area contributed by atoms with Gasteiger partial charge in [-0.3, -0.25) is 4.79 Å². The summed E-state index contributed by atoms with van der Waals surface area (Å²) in [6.07, 6.45) is 0.728. The topological polar surface area (TPSA) is 64.4 Å². The van der Waals surface area contributed by atoms with Crippen LogP contribution in [0.2, 0.25) is 0 Å². The van der Waals surface area contributed by atoms with Gasteiger partial charge in [0.1, 0.15) is 11.3 Å². The molecule has 24 heavy (non-hydrogen) atoms. The number of hydrogen-bond donors (Lipinski definition) is 1. The molecule has 0 aliphatic rings. The van der Waals surface area contributed by atoms with Crippen molar-refractivity contribution in [1.29, 1.82) is 0 Å². The highest BCUT2D eigenvalue weighted by atomic mass is 16.5. The number of nitrogens with zero attached hydrogens (tertiary/aromatic N) is 1. The van der Waals surface area contributed by atoms with E-state index >= 15 is 0 Å². The molecule has 0 aliphatic carbocycles. The summed E-state index contributed by atoms with van der Waals surface area (Å²) in [6.45, 7) is 4.38. The first-order chi connectivity index (χ1) is 11.6. The first kappa shape index (κ1) is 16.1. The Labute approximate surface area is 140 Å². The molecule has 0 saturated heterocycles.